The summed E-state index contributed by atoms with van der Waals surface area (Å²) < 4.78 is 7.14. The molecule has 2 heterocycles. The highest BCUT2D eigenvalue weighted by atomic mass is 16.5. The van der Waals surface area contributed by atoms with Gasteiger partial charge in [-0.15, -0.1) is 0 Å². The van der Waals surface area contributed by atoms with Gasteiger partial charge in [-0.1, -0.05) is 43.7 Å². The summed E-state index contributed by atoms with van der Waals surface area (Å²) in [4.78, 5) is 17.3. The fourth-order valence-corrected chi connectivity index (χ4v) is 2.75. The molecule has 3 rings (SSSR count). The van der Waals surface area contributed by atoms with Gasteiger partial charge in [-0.3, -0.25) is 4.68 Å². The number of hydrogen-bond donors (Lipinski definition) is 0. The Balaban J connectivity index is 2.13. The number of fused-ring (bicyclic) bond motifs is 1. The van der Waals surface area contributed by atoms with Crippen molar-refractivity contribution in [2.45, 2.75) is 26.7 Å². The molecule has 124 valence electrons. The molecule has 0 N–H and O–H groups in total. The maximum absolute atomic E-state index is 12.6. The third kappa shape index (κ3) is 3.02. The van der Waals surface area contributed by atoms with Crippen LogP contribution in [0.3, 0.4) is 0 Å². The molecule has 0 saturated heterocycles. The number of benzene rings is 1. The van der Waals surface area contributed by atoms with E-state index in [1.54, 1.807) is 10.7 Å². The number of carbonyl (C=O) groups is 1. The van der Waals surface area contributed by atoms with Crippen molar-refractivity contribution in [1.29, 1.82) is 0 Å². The molecule has 2 aromatic heterocycles. The third-order valence-electron chi connectivity index (χ3n) is 3.99. The van der Waals surface area contributed by atoms with Crippen molar-refractivity contribution in [3.8, 4) is 11.3 Å². The van der Waals surface area contributed by atoms with Crippen molar-refractivity contribution in [1.82, 2.24) is 14.8 Å². The van der Waals surface area contributed by atoms with Crippen LogP contribution in [-0.4, -0.2) is 27.3 Å². The van der Waals surface area contributed by atoms with Crippen LogP contribution in [-0.2, 0) is 11.8 Å². The van der Waals surface area contributed by atoms with E-state index >= 15 is 0 Å². The van der Waals surface area contributed by atoms with Gasteiger partial charge >= 0.3 is 5.97 Å². The predicted molar refractivity (Wildman–Crippen MR) is 93.9 cm³/mol. The summed E-state index contributed by atoms with van der Waals surface area (Å²) in [5, 5.41) is 5.17. The Kier molecular flexibility index (Phi) is 4.60. The SMILES string of the molecule is CCCCOC(=O)c1cc(-c2ccccc2)nc2c1c(C)nn2C. The first-order valence-corrected chi connectivity index (χ1v) is 8.18. The molecular weight excluding hydrogens is 302 g/mol. The Bertz CT molecular complexity index is 869. The average Bonchev–Trinajstić information content (AvgIpc) is 2.89. The maximum Gasteiger partial charge on any atom is 0.339 e. The van der Waals surface area contributed by atoms with Crippen molar-refractivity contribution < 1.29 is 9.53 Å². The number of carbonyl (C=O) groups excluding carboxylic acids is 1. The molecule has 0 bridgehead atoms. The number of ether oxygens (including phenoxy) is 1. The van der Waals surface area contributed by atoms with Crippen LogP contribution in [0.15, 0.2) is 36.4 Å². The summed E-state index contributed by atoms with van der Waals surface area (Å²) in [7, 11) is 1.84. The summed E-state index contributed by atoms with van der Waals surface area (Å²) in [5.74, 6) is -0.316. The van der Waals surface area contributed by atoms with Crippen LogP contribution in [0.4, 0.5) is 0 Å². The zero-order chi connectivity index (χ0) is 17.1. The van der Waals surface area contributed by atoms with E-state index in [4.69, 9.17) is 9.72 Å². The number of rotatable bonds is 5. The molecule has 3 aromatic rings. The number of aromatic nitrogens is 3. The standard InChI is InChI=1S/C19H21N3O2/c1-4-5-11-24-19(23)15-12-16(14-9-7-6-8-10-14)20-18-17(15)13(2)21-22(18)3/h6-10,12H,4-5,11H2,1-3H3. The van der Waals surface area contributed by atoms with Crippen LogP contribution in [0.5, 0.6) is 0 Å². The molecule has 5 nitrogen and oxygen atoms in total. The van der Waals surface area contributed by atoms with Crippen LogP contribution >= 0.6 is 0 Å². The van der Waals surface area contributed by atoms with Gasteiger partial charge in [0.1, 0.15) is 0 Å². The van der Waals surface area contributed by atoms with Gasteiger partial charge in [-0.05, 0) is 19.4 Å². The fourth-order valence-electron chi connectivity index (χ4n) is 2.75. The van der Waals surface area contributed by atoms with Crippen LogP contribution in [0.25, 0.3) is 22.3 Å². The van der Waals surface area contributed by atoms with Crippen molar-refractivity contribution in [3.05, 3.63) is 47.7 Å². The first-order valence-electron chi connectivity index (χ1n) is 8.18. The van der Waals surface area contributed by atoms with E-state index in [-0.39, 0.29) is 5.97 Å². The molecular formula is C19H21N3O2. The van der Waals surface area contributed by atoms with E-state index < -0.39 is 0 Å². The lowest BCUT2D eigenvalue weighted by Gasteiger charge is -2.08. The van der Waals surface area contributed by atoms with Gasteiger partial charge < -0.3 is 4.74 Å². The number of pyridine rings is 1. The van der Waals surface area contributed by atoms with Gasteiger partial charge in [0.25, 0.3) is 0 Å². The van der Waals surface area contributed by atoms with Crippen molar-refractivity contribution in [2.24, 2.45) is 7.05 Å². The van der Waals surface area contributed by atoms with Gasteiger partial charge in [0.2, 0.25) is 0 Å². The number of hydrogen-bond acceptors (Lipinski definition) is 4. The van der Waals surface area contributed by atoms with Crippen LogP contribution in [0, 0.1) is 6.92 Å². The minimum atomic E-state index is -0.316. The lowest BCUT2D eigenvalue weighted by molar-refractivity contribution is 0.0502. The Morgan fingerprint density at radius 1 is 1.25 bits per heavy atom. The monoisotopic (exact) mass is 323 g/mol. The molecule has 0 radical (unpaired) electrons. The second-order valence-corrected chi connectivity index (χ2v) is 5.82. The van der Waals surface area contributed by atoms with Gasteiger partial charge in [-0.25, -0.2) is 9.78 Å². The molecule has 24 heavy (non-hydrogen) atoms. The molecule has 0 spiro atoms. The summed E-state index contributed by atoms with van der Waals surface area (Å²) in [6, 6.07) is 11.6. The Labute approximate surface area is 141 Å². The number of aryl methyl sites for hydroxylation is 2. The van der Waals surface area contributed by atoms with E-state index in [1.807, 2.05) is 44.3 Å². The third-order valence-corrected chi connectivity index (χ3v) is 3.99. The first-order chi connectivity index (χ1) is 11.6. The molecule has 0 aliphatic heterocycles. The topological polar surface area (TPSA) is 57.0 Å². The maximum atomic E-state index is 12.6. The zero-order valence-electron chi connectivity index (χ0n) is 14.2. The molecule has 5 heteroatoms. The van der Waals surface area contributed by atoms with Crippen LogP contribution < -0.4 is 0 Å². The quantitative estimate of drug-likeness (QED) is 0.528. The lowest BCUT2D eigenvalue weighted by atomic mass is 10.1. The molecule has 0 unspecified atom stereocenters. The van der Waals surface area contributed by atoms with Crippen molar-refractivity contribution in [3.63, 3.8) is 0 Å². The minimum absolute atomic E-state index is 0.316. The lowest BCUT2D eigenvalue weighted by Crippen LogP contribution is -2.08. The summed E-state index contributed by atoms with van der Waals surface area (Å²) in [6.45, 7) is 4.38. The van der Waals surface area contributed by atoms with E-state index in [9.17, 15) is 4.79 Å². The Hall–Kier alpha value is -2.69. The number of esters is 1. The molecule has 0 amide bonds. The van der Waals surface area contributed by atoms with Crippen LogP contribution in [0.2, 0.25) is 0 Å². The minimum Gasteiger partial charge on any atom is -0.462 e. The molecule has 0 aliphatic rings. The van der Waals surface area contributed by atoms with Crippen molar-refractivity contribution >= 4 is 17.0 Å². The van der Waals surface area contributed by atoms with E-state index in [0.29, 0.717) is 17.8 Å². The number of unbranched alkanes of at least 4 members (excludes halogenated alkanes) is 1. The van der Waals surface area contributed by atoms with Crippen molar-refractivity contribution in [2.75, 3.05) is 6.61 Å². The molecule has 0 aliphatic carbocycles. The first kappa shape index (κ1) is 16.2. The second-order valence-electron chi connectivity index (χ2n) is 5.82. The summed E-state index contributed by atoms with van der Waals surface area (Å²) in [6.07, 6.45) is 1.84. The van der Waals surface area contributed by atoms with E-state index in [2.05, 4.69) is 12.0 Å². The Morgan fingerprint density at radius 3 is 2.71 bits per heavy atom. The van der Waals surface area contributed by atoms with Gasteiger partial charge in [0.15, 0.2) is 5.65 Å². The van der Waals surface area contributed by atoms with Gasteiger partial charge in [0.05, 0.1) is 28.9 Å². The molecule has 1 aromatic carbocycles. The largest absolute Gasteiger partial charge is 0.462 e. The summed E-state index contributed by atoms with van der Waals surface area (Å²) in [5.41, 5.74) is 3.70. The predicted octanol–water partition coefficient (Wildman–Crippen LogP) is 3.90. The highest BCUT2D eigenvalue weighted by molar-refractivity contribution is 6.04. The molecule has 0 fully saturated rings. The Morgan fingerprint density at radius 2 is 2.00 bits per heavy atom. The normalized spacial score (nSPS) is 11.0. The smallest absolute Gasteiger partial charge is 0.339 e. The van der Waals surface area contributed by atoms with Gasteiger partial charge in [-0.2, -0.15) is 5.10 Å². The highest BCUT2D eigenvalue weighted by Gasteiger charge is 2.20. The van der Waals surface area contributed by atoms with Crippen LogP contribution in [0.1, 0.15) is 35.8 Å². The summed E-state index contributed by atoms with van der Waals surface area (Å²) >= 11 is 0. The average molecular weight is 323 g/mol. The fraction of sp³-hybridized carbons (Fsp3) is 0.316. The van der Waals surface area contributed by atoms with E-state index in [1.165, 1.54) is 0 Å². The van der Waals surface area contributed by atoms with Gasteiger partial charge in [0, 0.05) is 12.6 Å². The zero-order valence-corrected chi connectivity index (χ0v) is 14.2. The number of nitrogens with zero attached hydrogens (tertiary/aromatic N) is 3. The van der Waals surface area contributed by atoms with E-state index in [0.717, 1.165) is 35.2 Å². The molecule has 0 atom stereocenters. The highest BCUT2D eigenvalue weighted by Crippen LogP contribution is 2.27. The molecule has 0 saturated carbocycles. The second kappa shape index (κ2) is 6.83.